The van der Waals surface area contributed by atoms with Gasteiger partial charge < -0.3 is 14.4 Å². The quantitative estimate of drug-likeness (QED) is 0.680. The van der Waals surface area contributed by atoms with Crippen molar-refractivity contribution < 1.29 is 23.0 Å². The molecule has 3 rings (SSSR count). The Kier molecular flexibility index (Phi) is 5.98. The Morgan fingerprint density at radius 2 is 1.90 bits per heavy atom. The van der Waals surface area contributed by atoms with Gasteiger partial charge in [0.15, 0.2) is 0 Å². The third kappa shape index (κ3) is 5.15. The van der Waals surface area contributed by atoms with Crippen molar-refractivity contribution >= 4 is 17.7 Å². The van der Waals surface area contributed by atoms with Crippen molar-refractivity contribution in [2.75, 3.05) is 6.54 Å². The lowest BCUT2D eigenvalue weighted by molar-refractivity contribution is 0.0220. The Hall–Kier alpha value is -2.41. The van der Waals surface area contributed by atoms with Gasteiger partial charge in [-0.1, -0.05) is 11.6 Å². The number of fused-ring (bicyclic) bond motifs is 1. The first-order valence-corrected chi connectivity index (χ1v) is 9.65. The molecule has 0 fully saturated rings. The molecule has 0 atom stereocenters. The number of hydrogen-bond donors (Lipinski definition) is 0. The Bertz CT molecular complexity index is 921. The first kappa shape index (κ1) is 21.3. The summed E-state index contributed by atoms with van der Waals surface area (Å²) in [6.45, 7) is 7.74. The third-order valence-electron chi connectivity index (χ3n) is 4.44. The molecule has 1 aromatic heterocycles. The van der Waals surface area contributed by atoms with Crippen LogP contribution in [0.1, 0.15) is 43.2 Å². The molecule has 0 N–H and O–H groups in total. The van der Waals surface area contributed by atoms with Crippen molar-refractivity contribution in [2.24, 2.45) is 0 Å². The van der Waals surface area contributed by atoms with E-state index < -0.39 is 23.3 Å². The summed E-state index contributed by atoms with van der Waals surface area (Å²) in [5.41, 5.74) is 1.64. The van der Waals surface area contributed by atoms with Crippen molar-refractivity contribution in [1.82, 2.24) is 9.88 Å². The number of carbonyl (C=O) groups excluding carboxylic acids is 1. The average Bonchev–Trinajstić information content (AvgIpc) is 2.59. The predicted octanol–water partition coefficient (Wildman–Crippen LogP) is 5.19. The van der Waals surface area contributed by atoms with Gasteiger partial charge in [-0.25, -0.2) is 18.6 Å². The van der Waals surface area contributed by atoms with E-state index in [4.69, 9.17) is 21.1 Å². The average molecular weight is 425 g/mol. The highest BCUT2D eigenvalue weighted by Crippen LogP contribution is 2.27. The monoisotopic (exact) mass is 424 g/mol. The highest BCUT2D eigenvalue weighted by molar-refractivity contribution is 6.30. The van der Waals surface area contributed by atoms with Crippen molar-refractivity contribution in [3.8, 4) is 5.88 Å². The number of hydrogen-bond acceptors (Lipinski definition) is 4. The summed E-state index contributed by atoms with van der Waals surface area (Å²) in [4.78, 5) is 18.4. The van der Waals surface area contributed by atoms with Crippen LogP contribution in [0.2, 0.25) is 5.02 Å². The minimum atomic E-state index is -0.776. The van der Waals surface area contributed by atoms with Gasteiger partial charge in [0, 0.05) is 17.1 Å². The molecule has 1 aliphatic rings. The fourth-order valence-electron chi connectivity index (χ4n) is 3.04. The maximum atomic E-state index is 14.0. The molecule has 8 heteroatoms. The van der Waals surface area contributed by atoms with Crippen LogP contribution >= 0.6 is 11.6 Å². The second-order valence-corrected chi connectivity index (χ2v) is 8.44. The Morgan fingerprint density at radius 3 is 2.52 bits per heavy atom. The number of amides is 1. The van der Waals surface area contributed by atoms with E-state index >= 15 is 0 Å². The smallest absolute Gasteiger partial charge is 0.410 e. The van der Waals surface area contributed by atoms with Crippen LogP contribution in [0, 0.1) is 18.6 Å². The normalized spacial score (nSPS) is 13.8. The molecule has 2 aromatic rings. The molecule has 0 aliphatic carbocycles. The number of carbonyl (C=O) groups is 1. The molecular weight excluding hydrogens is 402 g/mol. The molecule has 0 bridgehead atoms. The summed E-state index contributed by atoms with van der Waals surface area (Å²) in [7, 11) is 0. The Labute approximate surface area is 173 Å². The van der Waals surface area contributed by atoms with E-state index in [1.165, 1.54) is 0 Å². The fraction of sp³-hybridized carbons (Fsp3) is 0.429. The minimum Gasteiger partial charge on any atom is -0.472 e. The lowest BCUT2D eigenvalue weighted by Gasteiger charge is -2.31. The minimum absolute atomic E-state index is 0.0194. The number of halogens is 3. The third-order valence-corrected chi connectivity index (χ3v) is 4.66. The number of aryl methyl sites for hydroxylation is 1. The van der Waals surface area contributed by atoms with Gasteiger partial charge >= 0.3 is 6.09 Å². The lowest BCUT2D eigenvalue weighted by atomic mass is 10.0. The van der Waals surface area contributed by atoms with Gasteiger partial charge in [0.2, 0.25) is 5.88 Å². The summed E-state index contributed by atoms with van der Waals surface area (Å²) in [5, 5.41) is -0.0194. The van der Waals surface area contributed by atoms with E-state index in [0.29, 0.717) is 18.7 Å². The summed E-state index contributed by atoms with van der Waals surface area (Å²) in [6.07, 6.45) is 0.238. The molecule has 1 amide bonds. The zero-order valence-electron chi connectivity index (χ0n) is 16.8. The van der Waals surface area contributed by atoms with Gasteiger partial charge in [-0.2, -0.15) is 0 Å². The second kappa shape index (κ2) is 8.14. The number of pyridine rings is 1. The zero-order valence-corrected chi connectivity index (χ0v) is 17.6. The van der Waals surface area contributed by atoms with Crippen molar-refractivity contribution in [2.45, 2.75) is 52.9 Å². The van der Waals surface area contributed by atoms with Crippen LogP contribution in [-0.2, 0) is 24.3 Å². The standard InChI is InChI=1S/C21H23ClF2N2O3/c1-12-7-13-5-6-26(20(27)29-21(2,3)4)10-18(13)25-19(12)28-11-15-16(23)8-14(22)9-17(15)24/h7-9H,5-6,10-11H2,1-4H3. The van der Waals surface area contributed by atoms with Crippen LogP contribution in [0.5, 0.6) is 5.88 Å². The second-order valence-electron chi connectivity index (χ2n) is 8.00. The Morgan fingerprint density at radius 1 is 1.24 bits per heavy atom. The molecule has 0 saturated heterocycles. The first-order valence-electron chi connectivity index (χ1n) is 9.27. The highest BCUT2D eigenvalue weighted by Gasteiger charge is 2.27. The predicted molar refractivity (Wildman–Crippen MR) is 105 cm³/mol. The van der Waals surface area contributed by atoms with Crippen molar-refractivity contribution in [1.29, 1.82) is 0 Å². The molecule has 2 heterocycles. The number of aromatic nitrogens is 1. The van der Waals surface area contributed by atoms with E-state index in [1.54, 1.807) is 4.90 Å². The van der Waals surface area contributed by atoms with Gasteiger partial charge in [0.25, 0.3) is 0 Å². The summed E-state index contributed by atoms with van der Waals surface area (Å²) in [5.74, 6) is -1.29. The van der Waals surface area contributed by atoms with E-state index in [2.05, 4.69) is 4.98 Å². The van der Waals surface area contributed by atoms with Gasteiger partial charge in [-0.15, -0.1) is 0 Å². The van der Waals surface area contributed by atoms with E-state index in [-0.39, 0.29) is 29.6 Å². The summed E-state index contributed by atoms with van der Waals surface area (Å²) in [6, 6.07) is 4.00. The van der Waals surface area contributed by atoms with E-state index in [0.717, 1.165) is 23.3 Å². The van der Waals surface area contributed by atoms with Gasteiger partial charge in [0.05, 0.1) is 17.8 Å². The van der Waals surface area contributed by atoms with Crippen LogP contribution in [-0.4, -0.2) is 28.1 Å². The van der Waals surface area contributed by atoms with E-state index in [9.17, 15) is 13.6 Å². The lowest BCUT2D eigenvalue weighted by Crippen LogP contribution is -2.40. The van der Waals surface area contributed by atoms with Crippen molar-refractivity contribution in [3.05, 3.63) is 57.2 Å². The topological polar surface area (TPSA) is 51.7 Å². The zero-order chi connectivity index (χ0) is 21.3. The fourth-order valence-corrected chi connectivity index (χ4v) is 3.23. The molecule has 0 spiro atoms. The highest BCUT2D eigenvalue weighted by atomic mass is 35.5. The molecule has 5 nitrogen and oxygen atoms in total. The molecule has 1 aliphatic heterocycles. The SMILES string of the molecule is Cc1cc2c(nc1OCc1c(F)cc(Cl)cc1F)CN(C(=O)OC(C)(C)C)CC2. The number of ether oxygens (including phenoxy) is 2. The molecule has 29 heavy (non-hydrogen) atoms. The van der Waals surface area contributed by atoms with Gasteiger partial charge in [-0.3, -0.25) is 0 Å². The van der Waals surface area contributed by atoms with Crippen LogP contribution in [0.3, 0.4) is 0 Å². The number of nitrogens with zero attached hydrogens (tertiary/aromatic N) is 2. The molecule has 156 valence electrons. The van der Waals surface area contributed by atoms with Crippen LogP contribution in [0.15, 0.2) is 18.2 Å². The maximum Gasteiger partial charge on any atom is 0.410 e. The Balaban J connectivity index is 1.76. The van der Waals surface area contributed by atoms with Crippen LogP contribution in [0.25, 0.3) is 0 Å². The summed E-state index contributed by atoms with van der Waals surface area (Å²) < 4.78 is 39.0. The maximum absolute atomic E-state index is 14.0. The number of benzene rings is 1. The summed E-state index contributed by atoms with van der Waals surface area (Å²) >= 11 is 5.65. The molecule has 0 saturated carbocycles. The van der Waals surface area contributed by atoms with Gasteiger partial charge in [0.1, 0.15) is 23.8 Å². The van der Waals surface area contributed by atoms with Crippen LogP contribution in [0.4, 0.5) is 13.6 Å². The number of rotatable bonds is 3. The van der Waals surface area contributed by atoms with Crippen LogP contribution < -0.4 is 4.74 Å². The first-order chi connectivity index (χ1) is 13.5. The van der Waals surface area contributed by atoms with Gasteiger partial charge in [-0.05, 0) is 57.9 Å². The molecule has 1 aromatic carbocycles. The molecular formula is C21H23ClF2N2O3. The van der Waals surface area contributed by atoms with E-state index in [1.807, 2.05) is 33.8 Å². The van der Waals surface area contributed by atoms with Crippen molar-refractivity contribution in [3.63, 3.8) is 0 Å². The molecule has 0 radical (unpaired) electrons. The molecule has 0 unspecified atom stereocenters. The largest absolute Gasteiger partial charge is 0.472 e.